The molecule has 1 aromatic rings. The first-order chi connectivity index (χ1) is 11.6. The minimum Gasteiger partial charge on any atom is -0.376 e. The molecule has 0 saturated carbocycles. The van der Waals surface area contributed by atoms with Crippen molar-refractivity contribution < 1.29 is 25.8 Å². The quantitative estimate of drug-likeness (QED) is 0.542. The van der Waals surface area contributed by atoms with Gasteiger partial charge in [-0.05, 0) is 44.9 Å². The molecule has 2 aliphatic heterocycles. The van der Waals surface area contributed by atoms with Crippen molar-refractivity contribution in [2.45, 2.75) is 53.4 Å². The second-order valence-corrected chi connectivity index (χ2v) is 9.62. The van der Waals surface area contributed by atoms with Crippen molar-refractivity contribution in [3.8, 4) is 5.75 Å². The Morgan fingerprint density at radius 2 is 1.84 bits per heavy atom. The van der Waals surface area contributed by atoms with Crippen molar-refractivity contribution in [1.29, 1.82) is 0 Å². The minimum atomic E-state index is -5.69. The molecule has 0 aliphatic carbocycles. The lowest BCUT2D eigenvalue weighted by atomic mass is 10.0. The summed E-state index contributed by atoms with van der Waals surface area (Å²) in [6.07, 6.45) is 4.45. The number of benzene rings is 1. The molecule has 2 fully saturated rings. The Bertz CT molecular complexity index is 743. The van der Waals surface area contributed by atoms with E-state index in [1.165, 1.54) is 25.0 Å². The van der Waals surface area contributed by atoms with E-state index in [0.29, 0.717) is 22.2 Å². The molecule has 140 valence electrons. The molecule has 0 amide bonds. The Morgan fingerprint density at radius 1 is 1.24 bits per heavy atom. The summed E-state index contributed by atoms with van der Waals surface area (Å²) in [5.74, 6) is -0.449. The molecule has 1 aromatic carbocycles. The van der Waals surface area contributed by atoms with E-state index in [2.05, 4.69) is 16.1 Å². The molecule has 3 atom stereocenters. The lowest BCUT2D eigenvalue weighted by Gasteiger charge is -2.36. The number of hydrogen-bond acceptors (Lipinski definition) is 5. The summed E-state index contributed by atoms with van der Waals surface area (Å²) in [5.41, 5.74) is -5.47. The standard InChI is InChI=1S/C15H17ClF3NO3S2/c1-20-9-2-3-10(20)7-12(6-9)24-14-5-4-11(8-13(14)16)23-25(21,22)15(17,18)19/h4-5,8-10,12H,2-3,6-7H2,1H3/t9-,10+,12-. The molecule has 2 bridgehead atoms. The lowest BCUT2D eigenvalue weighted by molar-refractivity contribution is -0.0500. The zero-order valence-electron chi connectivity index (χ0n) is 13.3. The maximum atomic E-state index is 12.4. The third kappa shape index (κ3) is 4.04. The first-order valence-electron chi connectivity index (χ1n) is 7.76. The summed E-state index contributed by atoms with van der Waals surface area (Å²) in [6.45, 7) is 0. The highest BCUT2D eigenvalue weighted by atomic mass is 35.5. The molecule has 2 heterocycles. The van der Waals surface area contributed by atoms with Gasteiger partial charge in [0, 0.05) is 28.3 Å². The van der Waals surface area contributed by atoms with E-state index in [0.717, 1.165) is 18.9 Å². The maximum Gasteiger partial charge on any atom is 0.534 e. The van der Waals surface area contributed by atoms with Crippen LogP contribution >= 0.6 is 23.4 Å². The predicted molar refractivity (Wildman–Crippen MR) is 90.5 cm³/mol. The van der Waals surface area contributed by atoms with Crippen LogP contribution in [0.2, 0.25) is 5.02 Å². The minimum absolute atomic E-state index is 0.186. The second kappa shape index (κ2) is 6.83. The van der Waals surface area contributed by atoms with Gasteiger partial charge in [-0.3, -0.25) is 0 Å². The number of hydrogen-bond donors (Lipinski definition) is 0. The summed E-state index contributed by atoms with van der Waals surface area (Å²) in [5, 5.41) is 0.572. The predicted octanol–water partition coefficient (Wildman–Crippen LogP) is 4.29. The second-order valence-electron chi connectivity index (χ2n) is 6.34. The molecule has 0 N–H and O–H groups in total. The monoisotopic (exact) mass is 415 g/mol. The number of nitrogens with zero attached hydrogens (tertiary/aromatic N) is 1. The highest BCUT2D eigenvalue weighted by Crippen LogP contribution is 2.43. The number of rotatable bonds is 4. The maximum absolute atomic E-state index is 12.4. The summed E-state index contributed by atoms with van der Waals surface area (Å²) >= 11 is 7.71. The molecular weight excluding hydrogens is 399 g/mol. The average Bonchev–Trinajstić information content (AvgIpc) is 2.70. The molecule has 2 saturated heterocycles. The Kier molecular flexibility index (Phi) is 5.22. The summed E-state index contributed by atoms with van der Waals surface area (Å²) in [6, 6.07) is 4.94. The van der Waals surface area contributed by atoms with Crippen LogP contribution in [0.4, 0.5) is 13.2 Å². The van der Waals surface area contributed by atoms with Crippen LogP contribution in [0.1, 0.15) is 25.7 Å². The van der Waals surface area contributed by atoms with Crippen molar-refractivity contribution in [3.63, 3.8) is 0 Å². The molecule has 25 heavy (non-hydrogen) atoms. The molecule has 0 radical (unpaired) electrons. The normalized spacial score (nSPS) is 27.5. The molecule has 10 heteroatoms. The third-order valence-corrected chi connectivity index (χ3v) is 7.47. The van der Waals surface area contributed by atoms with Crippen LogP contribution in [0, 0.1) is 0 Å². The van der Waals surface area contributed by atoms with Gasteiger partial charge in [-0.1, -0.05) is 11.6 Å². The largest absolute Gasteiger partial charge is 0.534 e. The first kappa shape index (κ1) is 19.1. The number of halogens is 4. The van der Waals surface area contributed by atoms with E-state index in [-0.39, 0.29) is 5.02 Å². The van der Waals surface area contributed by atoms with Gasteiger partial charge in [0.1, 0.15) is 5.75 Å². The highest BCUT2D eigenvalue weighted by molar-refractivity contribution is 8.00. The van der Waals surface area contributed by atoms with Crippen LogP contribution < -0.4 is 4.18 Å². The van der Waals surface area contributed by atoms with Gasteiger partial charge < -0.3 is 9.08 Å². The summed E-state index contributed by atoms with van der Waals surface area (Å²) in [4.78, 5) is 3.13. The fraction of sp³-hybridized carbons (Fsp3) is 0.600. The molecular formula is C15H17ClF3NO3S2. The van der Waals surface area contributed by atoms with Gasteiger partial charge >= 0.3 is 15.6 Å². The van der Waals surface area contributed by atoms with Crippen LogP contribution in [-0.2, 0) is 10.1 Å². The van der Waals surface area contributed by atoms with Crippen LogP contribution in [0.3, 0.4) is 0 Å². The van der Waals surface area contributed by atoms with Crippen molar-refractivity contribution in [2.75, 3.05) is 7.05 Å². The van der Waals surface area contributed by atoms with Crippen molar-refractivity contribution in [3.05, 3.63) is 23.2 Å². The Hall–Kier alpha value is -0.640. The van der Waals surface area contributed by atoms with Crippen molar-refractivity contribution >= 4 is 33.5 Å². The van der Waals surface area contributed by atoms with Gasteiger partial charge in [0.15, 0.2) is 0 Å². The molecule has 3 rings (SSSR count). The zero-order chi connectivity index (χ0) is 18.4. The van der Waals surface area contributed by atoms with Crippen LogP contribution in [0.15, 0.2) is 23.1 Å². The Labute approximate surface area is 153 Å². The molecule has 0 unspecified atom stereocenters. The third-order valence-electron chi connectivity index (χ3n) is 4.74. The Morgan fingerprint density at radius 3 is 2.36 bits per heavy atom. The molecule has 0 aromatic heterocycles. The first-order valence-corrected chi connectivity index (χ1v) is 10.4. The number of alkyl halides is 3. The van der Waals surface area contributed by atoms with Gasteiger partial charge in [0.05, 0.1) is 5.02 Å². The number of fused-ring (bicyclic) bond motifs is 2. The number of piperidine rings is 1. The van der Waals surface area contributed by atoms with E-state index in [9.17, 15) is 21.6 Å². The molecule has 0 spiro atoms. The molecule has 4 nitrogen and oxygen atoms in total. The fourth-order valence-corrected chi connectivity index (χ4v) is 5.51. The highest BCUT2D eigenvalue weighted by Gasteiger charge is 2.48. The summed E-state index contributed by atoms with van der Waals surface area (Å²) in [7, 11) is -3.55. The van der Waals surface area contributed by atoms with E-state index in [1.807, 2.05) is 0 Å². The van der Waals surface area contributed by atoms with E-state index < -0.39 is 21.4 Å². The van der Waals surface area contributed by atoms with Crippen LogP contribution in [0.5, 0.6) is 5.75 Å². The van der Waals surface area contributed by atoms with Gasteiger partial charge in [-0.25, -0.2) is 0 Å². The van der Waals surface area contributed by atoms with Gasteiger partial charge in [0.25, 0.3) is 0 Å². The van der Waals surface area contributed by atoms with E-state index in [4.69, 9.17) is 11.6 Å². The number of thioether (sulfide) groups is 1. The van der Waals surface area contributed by atoms with Gasteiger partial charge in [-0.15, -0.1) is 11.8 Å². The van der Waals surface area contributed by atoms with E-state index >= 15 is 0 Å². The Balaban J connectivity index is 1.69. The van der Waals surface area contributed by atoms with Gasteiger partial charge in [-0.2, -0.15) is 21.6 Å². The summed E-state index contributed by atoms with van der Waals surface area (Å²) < 4.78 is 63.3. The smallest absolute Gasteiger partial charge is 0.376 e. The van der Waals surface area contributed by atoms with Crippen molar-refractivity contribution in [2.24, 2.45) is 0 Å². The molecule has 2 aliphatic rings. The fourth-order valence-electron chi connectivity index (χ4n) is 3.44. The van der Waals surface area contributed by atoms with Gasteiger partial charge in [0.2, 0.25) is 0 Å². The topological polar surface area (TPSA) is 46.6 Å². The average molecular weight is 416 g/mol. The van der Waals surface area contributed by atoms with Crippen LogP contribution in [0.25, 0.3) is 0 Å². The lowest BCUT2D eigenvalue weighted by Crippen LogP contribution is -2.40. The van der Waals surface area contributed by atoms with Crippen LogP contribution in [-0.4, -0.2) is 43.2 Å². The SMILES string of the molecule is CN1[C@@H]2CC[C@H]1C[C@H](Sc1ccc(OS(=O)(=O)C(F)(F)F)cc1Cl)C2. The van der Waals surface area contributed by atoms with E-state index in [1.54, 1.807) is 11.8 Å². The zero-order valence-corrected chi connectivity index (χ0v) is 15.7. The van der Waals surface area contributed by atoms with Crippen molar-refractivity contribution in [1.82, 2.24) is 4.90 Å².